The van der Waals surface area contributed by atoms with Crippen molar-refractivity contribution in [3.63, 3.8) is 0 Å². The first-order valence-electron chi connectivity index (χ1n) is 9.93. The Morgan fingerprint density at radius 1 is 0.871 bits per heavy atom. The van der Waals surface area contributed by atoms with Gasteiger partial charge in [0, 0.05) is 31.8 Å². The molecule has 0 aromatic heterocycles. The molecule has 0 saturated heterocycles. The lowest BCUT2D eigenvalue weighted by molar-refractivity contribution is 0.0784. The van der Waals surface area contributed by atoms with E-state index in [1.807, 2.05) is 42.5 Å². The molecule has 3 aromatic rings. The van der Waals surface area contributed by atoms with Crippen LogP contribution in [0.25, 0.3) is 0 Å². The summed E-state index contributed by atoms with van der Waals surface area (Å²) in [5.74, 6) is 0.807. The predicted molar refractivity (Wildman–Crippen MR) is 119 cm³/mol. The number of methoxy groups -OCH3 is 1. The lowest BCUT2D eigenvalue weighted by atomic mass is 10.1. The molecule has 0 aliphatic rings. The highest BCUT2D eigenvalue weighted by Crippen LogP contribution is 2.29. The van der Waals surface area contributed by atoms with Crippen LogP contribution in [0.3, 0.4) is 0 Å². The quantitative estimate of drug-likeness (QED) is 0.602. The van der Waals surface area contributed by atoms with Gasteiger partial charge >= 0.3 is 0 Å². The fourth-order valence-corrected chi connectivity index (χ4v) is 3.13. The van der Waals surface area contributed by atoms with Crippen molar-refractivity contribution in [3.05, 3.63) is 95.1 Å². The molecule has 0 aliphatic heterocycles. The van der Waals surface area contributed by atoms with E-state index in [2.05, 4.69) is 5.32 Å². The number of nitrogens with one attached hydrogen (secondary N) is 1. The molecule has 2 amide bonds. The van der Waals surface area contributed by atoms with Crippen molar-refractivity contribution in [2.24, 2.45) is 0 Å². The molecular formula is C25H26N2O4. The van der Waals surface area contributed by atoms with Gasteiger partial charge in [0.25, 0.3) is 11.8 Å². The van der Waals surface area contributed by atoms with E-state index in [1.165, 1.54) is 0 Å². The summed E-state index contributed by atoms with van der Waals surface area (Å²) < 4.78 is 11.3. The van der Waals surface area contributed by atoms with E-state index in [4.69, 9.17) is 9.47 Å². The normalized spacial score (nSPS) is 10.3. The van der Waals surface area contributed by atoms with Gasteiger partial charge in [0.15, 0.2) is 11.5 Å². The minimum Gasteiger partial charge on any atom is -0.493 e. The van der Waals surface area contributed by atoms with Crippen LogP contribution in [0, 0.1) is 0 Å². The van der Waals surface area contributed by atoms with Crippen LogP contribution in [0.2, 0.25) is 0 Å². The van der Waals surface area contributed by atoms with Crippen LogP contribution >= 0.6 is 0 Å². The Morgan fingerprint density at radius 3 is 2.19 bits per heavy atom. The standard InChI is InChI=1S/C25H26N2O4/c1-26-24(28)20-11-9-18(10-12-20)16-27(2)25(29)21-13-14-22(23(15-21)30-3)31-17-19-7-5-4-6-8-19/h4-15H,16-17H2,1-3H3,(H,26,28). The van der Waals surface area contributed by atoms with Gasteiger partial charge in [-0.3, -0.25) is 9.59 Å². The number of benzene rings is 3. The van der Waals surface area contributed by atoms with E-state index in [1.54, 1.807) is 56.4 Å². The summed E-state index contributed by atoms with van der Waals surface area (Å²) in [4.78, 5) is 26.2. The number of hydrogen-bond acceptors (Lipinski definition) is 4. The van der Waals surface area contributed by atoms with Gasteiger partial charge in [-0.1, -0.05) is 42.5 Å². The van der Waals surface area contributed by atoms with Crippen molar-refractivity contribution in [1.82, 2.24) is 10.2 Å². The molecule has 0 spiro atoms. The molecule has 6 nitrogen and oxygen atoms in total. The number of rotatable bonds is 8. The smallest absolute Gasteiger partial charge is 0.254 e. The third-order valence-corrected chi connectivity index (χ3v) is 4.86. The Labute approximate surface area is 182 Å². The monoisotopic (exact) mass is 418 g/mol. The second-order valence-electron chi connectivity index (χ2n) is 7.08. The lowest BCUT2D eigenvalue weighted by Crippen LogP contribution is -2.26. The molecule has 31 heavy (non-hydrogen) atoms. The maximum absolute atomic E-state index is 12.9. The molecule has 6 heteroatoms. The molecule has 0 radical (unpaired) electrons. The van der Waals surface area contributed by atoms with Crippen LogP contribution in [0.5, 0.6) is 11.5 Å². The van der Waals surface area contributed by atoms with Crippen LogP contribution in [0.15, 0.2) is 72.8 Å². The molecule has 0 atom stereocenters. The fourth-order valence-electron chi connectivity index (χ4n) is 3.13. The summed E-state index contributed by atoms with van der Waals surface area (Å²) >= 11 is 0. The molecular weight excluding hydrogens is 392 g/mol. The number of amides is 2. The second kappa shape index (κ2) is 10.3. The van der Waals surface area contributed by atoms with E-state index in [0.717, 1.165) is 11.1 Å². The topological polar surface area (TPSA) is 67.9 Å². The first-order valence-corrected chi connectivity index (χ1v) is 9.93. The minimum atomic E-state index is -0.141. The van der Waals surface area contributed by atoms with Crippen LogP contribution < -0.4 is 14.8 Å². The molecule has 0 unspecified atom stereocenters. The van der Waals surface area contributed by atoms with Gasteiger partial charge in [-0.05, 0) is 41.5 Å². The maximum atomic E-state index is 12.9. The molecule has 160 valence electrons. The summed E-state index contributed by atoms with van der Waals surface area (Å²) in [6.45, 7) is 0.831. The van der Waals surface area contributed by atoms with Crippen molar-refractivity contribution < 1.29 is 19.1 Å². The van der Waals surface area contributed by atoms with E-state index < -0.39 is 0 Å². The molecule has 0 bridgehead atoms. The van der Waals surface area contributed by atoms with Gasteiger partial charge in [0.1, 0.15) is 6.61 Å². The molecule has 3 aromatic carbocycles. The molecule has 0 aliphatic carbocycles. The minimum absolute atomic E-state index is 0.136. The SMILES string of the molecule is CNC(=O)c1ccc(CN(C)C(=O)c2ccc(OCc3ccccc3)c(OC)c2)cc1. The molecule has 3 rings (SSSR count). The Kier molecular flexibility index (Phi) is 7.27. The highest BCUT2D eigenvalue weighted by molar-refractivity contribution is 5.95. The summed E-state index contributed by atoms with van der Waals surface area (Å²) in [6, 6.07) is 22.2. The molecule has 1 N–H and O–H groups in total. The Bertz CT molecular complexity index is 1030. The molecule has 0 heterocycles. The average molecular weight is 418 g/mol. The zero-order valence-electron chi connectivity index (χ0n) is 17.9. The zero-order chi connectivity index (χ0) is 22.2. The fraction of sp³-hybridized carbons (Fsp3) is 0.200. The average Bonchev–Trinajstić information content (AvgIpc) is 2.82. The van der Waals surface area contributed by atoms with Crippen LogP contribution in [-0.4, -0.2) is 37.9 Å². The second-order valence-corrected chi connectivity index (χ2v) is 7.08. The number of ether oxygens (including phenoxy) is 2. The van der Waals surface area contributed by atoms with Crippen molar-refractivity contribution in [1.29, 1.82) is 0 Å². The van der Waals surface area contributed by atoms with Crippen molar-refractivity contribution in [2.75, 3.05) is 21.2 Å². The zero-order valence-corrected chi connectivity index (χ0v) is 17.9. The van der Waals surface area contributed by atoms with Gasteiger partial charge < -0.3 is 19.7 Å². The summed E-state index contributed by atoms with van der Waals surface area (Å²) in [6.07, 6.45) is 0. The first kappa shape index (κ1) is 21.9. The molecule has 0 saturated carbocycles. The Balaban J connectivity index is 1.66. The highest BCUT2D eigenvalue weighted by atomic mass is 16.5. The maximum Gasteiger partial charge on any atom is 0.254 e. The van der Waals surface area contributed by atoms with Gasteiger partial charge in [0.2, 0.25) is 0 Å². The van der Waals surface area contributed by atoms with Crippen molar-refractivity contribution in [2.45, 2.75) is 13.2 Å². The van der Waals surface area contributed by atoms with Crippen LogP contribution in [-0.2, 0) is 13.2 Å². The summed E-state index contributed by atoms with van der Waals surface area (Å²) in [5, 5.41) is 2.59. The van der Waals surface area contributed by atoms with Gasteiger partial charge in [-0.2, -0.15) is 0 Å². The van der Waals surface area contributed by atoms with Crippen molar-refractivity contribution in [3.8, 4) is 11.5 Å². The number of nitrogens with zero attached hydrogens (tertiary/aromatic N) is 1. The lowest BCUT2D eigenvalue weighted by Gasteiger charge is -2.19. The van der Waals surface area contributed by atoms with E-state index in [-0.39, 0.29) is 11.8 Å². The number of hydrogen-bond donors (Lipinski definition) is 1. The summed E-state index contributed by atoms with van der Waals surface area (Å²) in [7, 11) is 4.88. The highest BCUT2D eigenvalue weighted by Gasteiger charge is 2.16. The van der Waals surface area contributed by atoms with Gasteiger partial charge in [0.05, 0.1) is 7.11 Å². The van der Waals surface area contributed by atoms with Crippen LogP contribution in [0.1, 0.15) is 31.8 Å². The Hall–Kier alpha value is -3.80. The van der Waals surface area contributed by atoms with Crippen LogP contribution in [0.4, 0.5) is 0 Å². The van der Waals surface area contributed by atoms with E-state index in [0.29, 0.717) is 35.8 Å². The Morgan fingerprint density at radius 2 is 1.55 bits per heavy atom. The third kappa shape index (κ3) is 5.63. The summed E-state index contributed by atoms with van der Waals surface area (Å²) in [5.41, 5.74) is 3.06. The van der Waals surface area contributed by atoms with E-state index >= 15 is 0 Å². The van der Waals surface area contributed by atoms with Gasteiger partial charge in [-0.15, -0.1) is 0 Å². The third-order valence-electron chi connectivity index (χ3n) is 4.86. The van der Waals surface area contributed by atoms with Gasteiger partial charge in [-0.25, -0.2) is 0 Å². The largest absolute Gasteiger partial charge is 0.493 e. The number of carbonyl (C=O) groups is 2. The van der Waals surface area contributed by atoms with E-state index in [9.17, 15) is 9.59 Å². The first-order chi connectivity index (χ1) is 15.0. The number of carbonyl (C=O) groups excluding carboxylic acids is 2. The molecule has 0 fully saturated rings. The van der Waals surface area contributed by atoms with Crippen molar-refractivity contribution >= 4 is 11.8 Å². The predicted octanol–water partition coefficient (Wildman–Crippen LogP) is 3.91.